The average molecular weight is 306 g/mol. The maximum atomic E-state index is 13.5. The highest BCUT2D eigenvalue weighted by atomic mass is 32.1. The van der Waals surface area contributed by atoms with Gasteiger partial charge in [-0.2, -0.15) is 13.2 Å². The molecule has 0 aromatic heterocycles. The van der Waals surface area contributed by atoms with Crippen molar-refractivity contribution in [1.29, 1.82) is 0 Å². The number of para-hydroxylation sites is 1. The van der Waals surface area contributed by atoms with Crippen LogP contribution in [0.5, 0.6) is 0 Å². The molecule has 1 fully saturated rings. The average Bonchev–Trinajstić information content (AvgIpc) is 2.40. The van der Waals surface area contributed by atoms with Gasteiger partial charge < -0.3 is 10.2 Å². The second-order valence-electron chi connectivity index (χ2n) is 4.74. The number of piperidine rings is 1. The van der Waals surface area contributed by atoms with Gasteiger partial charge in [-0.05, 0) is 37.2 Å². The van der Waals surface area contributed by atoms with Crippen LogP contribution < -0.4 is 5.32 Å². The van der Waals surface area contributed by atoms with Crippen LogP contribution in [-0.4, -0.2) is 29.3 Å². The van der Waals surface area contributed by atoms with Gasteiger partial charge in [0.25, 0.3) is 0 Å². The maximum Gasteiger partial charge on any atom is 0.393 e. The molecule has 1 aliphatic rings. The molecule has 1 atom stereocenters. The molecule has 1 aliphatic heterocycles. The summed E-state index contributed by atoms with van der Waals surface area (Å²) in [5.41, 5.74) is 0.173. The molecule has 1 N–H and O–H groups in total. The van der Waals surface area contributed by atoms with Crippen molar-refractivity contribution in [3.63, 3.8) is 0 Å². The van der Waals surface area contributed by atoms with Gasteiger partial charge in [-0.25, -0.2) is 4.39 Å². The van der Waals surface area contributed by atoms with Crippen LogP contribution in [0.25, 0.3) is 0 Å². The fraction of sp³-hybridized carbons (Fsp3) is 0.462. The van der Waals surface area contributed by atoms with Crippen molar-refractivity contribution >= 4 is 23.0 Å². The quantitative estimate of drug-likeness (QED) is 0.627. The number of halogens is 4. The van der Waals surface area contributed by atoms with Crippen molar-refractivity contribution in [2.75, 3.05) is 18.4 Å². The second-order valence-corrected chi connectivity index (χ2v) is 5.12. The van der Waals surface area contributed by atoms with Crippen molar-refractivity contribution in [3.8, 4) is 0 Å². The Bertz CT molecular complexity index is 490. The van der Waals surface area contributed by atoms with Crippen molar-refractivity contribution in [2.24, 2.45) is 5.92 Å². The van der Waals surface area contributed by atoms with E-state index in [1.807, 2.05) is 0 Å². The van der Waals surface area contributed by atoms with E-state index >= 15 is 0 Å². The minimum absolute atomic E-state index is 0.113. The summed E-state index contributed by atoms with van der Waals surface area (Å²) in [6.45, 7) is 0.274. The Balaban J connectivity index is 2.01. The maximum absolute atomic E-state index is 13.5. The largest absolute Gasteiger partial charge is 0.393 e. The van der Waals surface area contributed by atoms with Crippen LogP contribution in [0.15, 0.2) is 24.3 Å². The normalized spacial score (nSPS) is 19.8. The molecule has 0 radical (unpaired) electrons. The van der Waals surface area contributed by atoms with Crippen LogP contribution in [0.2, 0.25) is 0 Å². The number of nitrogens with zero attached hydrogens (tertiary/aromatic N) is 1. The van der Waals surface area contributed by atoms with Crippen LogP contribution in [0.4, 0.5) is 23.2 Å². The lowest BCUT2D eigenvalue weighted by Gasteiger charge is -2.35. The lowest BCUT2D eigenvalue weighted by atomic mass is 9.98. The summed E-state index contributed by atoms with van der Waals surface area (Å²) in [5.74, 6) is -1.86. The van der Waals surface area contributed by atoms with E-state index in [1.165, 1.54) is 23.1 Å². The van der Waals surface area contributed by atoms with Gasteiger partial charge in [0, 0.05) is 13.1 Å². The molecule has 0 bridgehead atoms. The Morgan fingerprint density at radius 2 is 2.00 bits per heavy atom. The number of thiocarbonyl (C=S) groups is 1. The number of hydrogen-bond donors (Lipinski definition) is 1. The van der Waals surface area contributed by atoms with E-state index in [9.17, 15) is 17.6 Å². The van der Waals surface area contributed by atoms with Crippen LogP contribution in [0, 0.1) is 11.7 Å². The number of likely N-dealkylation sites (tertiary alicyclic amines) is 1. The number of alkyl halides is 3. The first-order valence-corrected chi connectivity index (χ1v) is 6.66. The second kappa shape index (κ2) is 5.95. The van der Waals surface area contributed by atoms with E-state index in [0.29, 0.717) is 13.0 Å². The van der Waals surface area contributed by atoms with E-state index in [4.69, 9.17) is 12.2 Å². The van der Waals surface area contributed by atoms with E-state index in [-0.39, 0.29) is 23.8 Å². The van der Waals surface area contributed by atoms with Crippen molar-refractivity contribution in [1.82, 2.24) is 4.90 Å². The summed E-state index contributed by atoms with van der Waals surface area (Å²) in [6.07, 6.45) is -3.68. The molecule has 1 aromatic carbocycles. The molecular formula is C13H14F4N2S. The van der Waals surface area contributed by atoms with Gasteiger partial charge in [-0.1, -0.05) is 12.1 Å². The smallest absolute Gasteiger partial charge is 0.348 e. The number of benzene rings is 1. The fourth-order valence-electron chi connectivity index (χ4n) is 2.19. The zero-order valence-electron chi connectivity index (χ0n) is 10.6. The molecule has 0 spiro atoms. The molecular weight excluding hydrogens is 292 g/mol. The van der Waals surface area contributed by atoms with Gasteiger partial charge in [0.2, 0.25) is 0 Å². The summed E-state index contributed by atoms with van der Waals surface area (Å²) in [4.78, 5) is 1.45. The zero-order valence-corrected chi connectivity index (χ0v) is 11.4. The first-order valence-electron chi connectivity index (χ1n) is 6.25. The molecule has 1 aromatic rings. The summed E-state index contributed by atoms with van der Waals surface area (Å²) in [5, 5.41) is 2.80. The molecule has 110 valence electrons. The van der Waals surface area contributed by atoms with Crippen LogP contribution >= 0.6 is 12.2 Å². The number of anilines is 1. The fourth-order valence-corrected chi connectivity index (χ4v) is 2.46. The highest BCUT2D eigenvalue weighted by Gasteiger charge is 2.42. The minimum Gasteiger partial charge on any atom is -0.348 e. The van der Waals surface area contributed by atoms with E-state index in [2.05, 4.69) is 5.32 Å². The van der Waals surface area contributed by atoms with Gasteiger partial charge in [0.05, 0.1) is 11.6 Å². The lowest BCUT2D eigenvalue weighted by Crippen LogP contribution is -2.46. The summed E-state index contributed by atoms with van der Waals surface area (Å²) < 4.78 is 51.6. The van der Waals surface area contributed by atoms with E-state index in [0.717, 1.165) is 0 Å². The van der Waals surface area contributed by atoms with Gasteiger partial charge in [-0.3, -0.25) is 0 Å². The molecule has 2 nitrogen and oxygen atoms in total. The molecule has 1 saturated heterocycles. The molecule has 1 heterocycles. The molecule has 20 heavy (non-hydrogen) atoms. The molecule has 0 saturated carbocycles. The third-order valence-electron chi connectivity index (χ3n) is 3.29. The van der Waals surface area contributed by atoms with E-state index in [1.54, 1.807) is 6.07 Å². The predicted octanol–water partition coefficient (Wildman–Crippen LogP) is 3.80. The van der Waals surface area contributed by atoms with Crippen LogP contribution in [0.3, 0.4) is 0 Å². The molecule has 0 amide bonds. The molecule has 7 heteroatoms. The predicted molar refractivity (Wildman–Crippen MR) is 73.0 cm³/mol. The Morgan fingerprint density at radius 1 is 1.30 bits per heavy atom. The number of hydrogen-bond acceptors (Lipinski definition) is 1. The summed E-state index contributed by atoms with van der Waals surface area (Å²) >= 11 is 5.07. The summed E-state index contributed by atoms with van der Waals surface area (Å²) in [6, 6.07) is 5.92. The van der Waals surface area contributed by atoms with Crippen molar-refractivity contribution < 1.29 is 17.6 Å². The third kappa shape index (κ3) is 3.59. The third-order valence-corrected chi connectivity index (χ3v) is 3.65. The minimum atomic E-state index is -4.22. The van der Waals surface area contributed by atoms with Gasteiger partial charge in [0.15, 0.2) is 5.11 Å². The SMILES string of the molecule is Fc1ccccc1NC(=S)N1CCC[C@@H](C(F)(F)F)C1. The molecule has 0 unspecified atom stereocenters. The first kappa shape index (κ1) is 15.0. The molecule has 0 aliphatic carbocycles. The van der Waals surface area contributed by atoms with Gasteiger partial charge in [-0.15, -0.1) is 0 Å². The monoisotopic (exact) mass is 306 g/mol. The topological polar surface area (TPSA) is 15.3 Å². The van der Waals surface area contributed by atoms with E-state index < -0.39 is 17.9 Å². The Morgan fingerprint density at radius 3 is 2.65 bits per heavy atom. The highest BCUT2D eigenvalue weighted by Crippen LogP contribution is 2.33. The zero-order chi connectivity index (χ0) is 14.8. The van der Waals surface area contributed by atoms with Crippen molar-refractivity contribution in [2.45, 2.75) is 19.0 Å². The Kier molecular flexibility index (Phi) is 4.47. The first-order chi connectivity index (χ1) is 9.38. The number of nitrogens with one attached hydrogen (secondary N) is 1. The van der Waals surface area contributed by atoms with Crippen LogP contribution in [-0.2, 0) is 0 Å². The lowest BCUT2D eigenvalue weighted by molar-refractivity contribution is -0.183. The van der Waals surface area contributed by atoms with Crippen LogP contribution in [0.1, 0.15) is 12.8 Å². The Hall–Kier alpha value is -1.37. The van der Waals surface area contributed by atoms with Gasteiger partial charge >= 0.3 is 6.18 Å². The summed E-state index contributed by atoms with van der Waals surface area (Å²) in [7, 11) is 0. The standard InChI is InChI=1S/C13H14F4N2S/c14-10-5-1-2-6-11(10)18-12(20)19-7-3-4-9(8-19)13(15,16)17/h1-2,5-6,9H,3-4,7-8H2,(H,18,20)/t9-/m1/s1. The highest BCUT2D eigenvalue weighted by molar-refractivity contribution is 7.80. The molecule has 2 rings (SSSR count). The van der Waals surface area contributed by atoms with Crippen molar-refractivity contribution in [3.05, 3.63) is 30.1 Å². The number of rotatable bonds is 1. The van der Waals surface area contributed by atoms with Gasteiger partial charge in [0.1, 0.15) is 5.82 Å². The Labute approximate surface area is 119 Å².